The van der Waals surface area contributed by atoms with Crippen molar-refractivity contribution in [3.8, 4) is 0 Å². The van der Waals surface area contributed by atoms with Gasteiger partial charge in [0, 0.05) is 56.9 Å². The largest absolute Gasteiger partial charge is 0.430 e. The number of hydrogen-bond donors (Lipinski definition) is 1. The molecule has 39 heavy (non-hydrogen) atoms. The normalized spacial score (nSPS) is 21.2. The molecule has 1 unspecified atom stereocenters. The number of hydrogen-bond acceptors (Lipinski definition) is 4. The highest BCUT2D eigenvalue weighted by atomic mass is 35.5. The summed E-state index contributed by atoms with van der Waals surface area (Å²) in [7, 11) is 3.38. The third-order valence-corrected chi connectivity index (χ3v) is 9.11. The highest BCUT2D eigenvalue weighted by molar-refractivity contribution is 6.34. The summed E-state index contributed by atoms with van der Waals surface area (Å²) in [4.78, 5) is 30.1. The van der Waals surface area contributed by atoms with Crippen LogP contribution >= 0.6 is 11.6 Å². The van der Waals surface area contributed by atoms with E-state index in [1.54, 1.807) is 26.2 Å². The van der Waals surface area contributed by atoms with Crippen molar-refractivity contribution in [3.05, 3.63) is 64.7 Å². The number of carbonyl (C=O) groups is 2. The number of likely N-dealkylation sites (tertiary alicyclic amines) is 1. The van der Waals surface area contributed by atoms with Crippen LogP contribution in [0.3, 0.4) is 0 Å². The van der Waals surface area contributed by atoms with Gasteiger partial charge in [-0.2, -0.15) is 13.2 Å². The van der Waals surface area contributed by atoms with Crippen LogP contribution in [0.5, 0.6) is 0 Å². The zero-order chi connectivity index (χ0) is 28.2. The number of benzene rings is 2. The predicted octanol–water partition coefficient (Wildman–Crippen LogP) is 4.95. The number of carbonyl (C=O) groups excluding carboxylic acids is 2. The van der Waals surface area contributed by atoms with E-state index in [1.807, 2.05) is 12.1 Å². The summed E-state index contributed by atoms with van der Waals surface area (Å²) in [6.07, 6.45) is -1.33. The quantitative estimate of drug-likeness (QED) is 0.559. The Bertz CT molecular complexity index is 1230. The van der Waals surface area contributed by atoms with Gasteiger partial charge in [-0.15, -0.1) is 0 Å². The average molecular weight is 564 g/mol. The minimum Gasteiger partial charge on any atom is -0.371 e. The summed E-state index contributed by atoms with van der Waals surface area (Å²) in [6.45, 7) is 2.24. The van der Waals surface area contributed by atoms with Crippen molar-refractivity contribution in [2.45, 2.75) is 37.5 Å². The maximum absolute atomic E-state index is 13.9. The fourth-order valence-corrected chi connectivity index (χ4v) is 6.87. The monoisotopic (exact) mass is 563 g/mol. The number of rotatable bonds is 5. The first-order valence-corrected chi connectivity index (χ1v) is 13.6. The van der Waals surface area contributed by atoms with Crippen LogP contribution in [-0.4, -0.2) is 73.2 Å². The first-order valence-electron chi connectivity index (χ1n) is 13.2. The molecule has 0 aromatic heterocycles. The lowest BCUT2D eigenvalue weighted by atomic mass is 9.53. The second-order valence-electron chi connectivity index (χ2n) is 11.6. The van der Waals surface area contributed by atoms with Gasteiger partial charge in [-0.25, -0.2) is 0 Å². The van der Waals surface area contributed by atoms with E-state index < -0.39 is 23.2 Å². The van der Waals surface area contributed by atoms with Crippen molar-refractivity contribution in [3.63, 3.8) is 0 Å². The molecule has 6 nitrogen and oxygen atoms in total. The van der Waals surface area contributed by atoms with Gasteiger partial charge in [0.1, 0.15) is 0 Å². The Morgan fingerprint density at radius 1 is 1.00 bits per heavy atom. The van der Waals surface area contributed by atoms with Crippen LogP contribution < -0.4 is 4.90 Å². The number of nitrogens with zero attached hydrogens (tertiary/aromatic N) is 3. The van der Waals surface area contributed by atoms with E-state index in [0.29, 0.717) is 22.4 Å². The van der Waals surface area contributed by atoms with Crippen LogP contribution in [0, 0.1) is 17.3 Å². The fourth-order valence-electron chi connectivity index (χ4n) is 6.61. The molecule has 2 aliphatic heterocycles. The predicted molar refractivity (Wildman–Crippen MR) is 143 cm³/mol. The summed E-state index contributed by atoms with van der Waals surface area (Å²) >= 11 is 6.39. The van der Waals surface area contributed by atoms with Crippen LogP contribution in [0.4, 0.5) is 18.9 Å². The average Bonchev–Trinajstić information content (AvgIpc) is 2.86. The molecule has 1 atom stereocenters. The van der Waals surface area contributed by atoms with Gasteiger partial charge in [0.2, 0.25) is 0 Å². The van der Waals surface area contributed by atoms with Crippen molar-refractivity contribution in [1.29, 1.82) is 0 Å². The van der Waals surface area contributed by atoms with Gasteiger partial charge < -0.3 is 19.8 Å². The smallest absolute Gasteiger partial charge is 0.371 e. The molecule has 10 heteroatoms. The molecule has 2 aromatic rings. The first kappa shape index (κ1) is 27.8. The third-order valence-electron chi connectivity index (χ3n) is 8.80. The van der Waals surface area contributed by atoms with Gasteiger partial charge >= 0.3 is 6.18 Å². The molecule has 2 aromatic carbocycles. The van der Waals surface area contributed by atoms with Crippen molar-refractivity contribution in [2.24, 2.45) is 17.3 Å². The lowest BCUT2D eigenvalue weighted by molar-refractivity contribution is -0.267. The summed E-state index contributed by atoms with van der Waals surface area (Å²) in [5, 5.41) is 11.0. The molecule has 0 bridgehead atoms. The van der Waals surface area contributed by atoms with Gasteiger partial charge in [-0.1, -0.05) is 41.9 Å². The Morgan fingerprint density at radius 3 is 2.15 bits per heavy atom. The molecule has 2 heterocycles. The summed E-state index contributed by atoms with van der Waals surface area (Å²) in [6, 6.07) is 12.1. The number of aliphatic hydroxyl groups is 1. The van der Waals surface area contributed by atoms with E-state index in [4.69, 9.17) is 11.6 Å². The topological polar surface area (TPSA) is 64.1 Å². The van der Waals surface area contributed by atoms with Crippen molar-refractivity contribution in [2.75, 3.05) is 45.2 Å². The molecule has 3 fully saturated rings. The lowest BCUT2D eigenvalue weighted by Gasteiger charge is -2.61. The Balaban J connectivity index is 1.14. The van der Waals surface area contributed by atoms with E-state index in [0.717, 1.165) is 61.5 Å². The van der Waals surface area contributed by atoms with Crippen LogP contribution in [0.15, 0.2) is 48.5 Å². The highest BCUT2D eigenvalue weighted by Crippen LogP contribution is 2.57. The molecule has 2 saturated heterocycles. The summed E-state index contributed by atoms with van der Waals surface area (Å²) in [5.41, 5.74) is -2.66. The van der Waals surface area contributed by atoms with Crippen LogP contribution in [0.1, 0.15) is 41.6 Å². The SMILES string of the molecule is CN(C)C(=O)c1ccc(N2CCC(C3CC4(C3)CN(C(=O)C(O)(c3ccccc3)C(F)(F)F)C4)CC2)cc1Cl. The standard InChI is InChI=1S/C29H33ClF3N3O3/c1-34(2)25(37)23-9-8-22(14-24(23)30)35-12-10-19(11-13-35)20-15-27(16-20)17-36(18-27)26(38)28(39,29(31,32)33)21-6-4-3-5-7-21/h3-9,14,19-20,39H,10-13,15-18H2,1-2H3. The molecule has 1 aliphatic carbocycles. The summed E-state index contributed by atoms with van der Waals surface area (Å²) in [5.74, 6) is -0.411. The van der Waals surface area contributed by atoms with E-state index in [2.05, 4.69) is 4.90 Å². The third kappa shape index (κ3) is 4.88. The van der Waals surface area contributed by atoms with Gasteiger partial charge in [0.25, 0.3) is 17.4 Å². The Labute approximate surface area is 231 Å². The molecule has 210 valence electrons. The van der Waals surface area contributed by atoms with E-state index in [-0.39, 0.29) is 24.4 Å². The maximum atomic E-state index is 13.9. The zero-order valence-corrected chi connectivity index (χ0v) is 22.8. The Kier molecular flexibility index (Phi) is 7.12. The number of anilines is 1. The highest BCUT2D eigenvalue weighted by Gasteiger charge is 2.65. The number of piperidine rings is 1. The van der Waals surface area contributed by atoms with Gasteiger partial charge in [0.15, 0.2) is 0 Å². The van der Waals surface area contributed by atoms with Crippen LogP contribution in [0.25, 0.3) is 0 Å². The molecule has 1 N–H and O–H groups in total. The number of alkyl halides is 3. The van der Waals surface area contributed by atoms with E-state index in [9.17, 15) is 27.9 Å². The zero-order valence-electron chi connectivity index (χ0n) is 22.0. The van der Waals surface area contributed by atoms with Gasteiger partial charge in [-0.3, -0.25) is 9.59 Å². The fraction of sp³-hybridized carbons (Fsp3) is 0.517. The van der Waals surface area contributed by atoms with Crippen molar-refractivity contribution < 1.29 is 27.9 Å². The van der Waals surface area contributed by atoms with Gasteiger partial charge in [-0.05, 0) is 55.7 Å². The molecule has 3 aliphatic rings. The minimum absolute atomic E-state index is 0.136. The lowest BCUT2D eigenvalue weighted by Crippen LogP contribution is -2.69. The second kappa shape index (κ2) is 10.0. The van der Waals surface area contributed by atoms with Crippen molar-refractivity contribution in [1.82, 2.24) is 9.80 Å². The Hall–Kier alpha value is -2.78. The van der Waals surface area contributed by atoms with E-state index in [1.165, 1.54) is 17.0 Å². The minimum atomic E-state index is -5.11. The molecule has 0 radical (unpaired) electrons. The molecular weight excluding hydrogens is 531 g/mol. The Morgan fingerprint density at radius 2 is 1.62 bits per heavy atom. The van der Waals surface area contributed by atoms with Crippen LogP contribution in [-0.2, 0) is 10.4 Å². The molecule has 1 spiro atoms. The molecule has 5 rings (SSSR count). The number of halogens is 4. The molecular formula is C29H33ClF3N3O3. The molecule has 1 saturated carbocycles. The number of amides is 2. The second-order valence-corrected chi connectivity index (χ2v) is 12.0. The van der Waals surface area contributed by atoms with E-state index >= 15 is 0 Å². The summed E-state index contributed by atoms with van der Waals surface area (Å²) < 4.78 is 41.7. The van der Waals surface area contributed by atoms with Crippen LogP contribution in [0.2, 0.25) is 5.02 Å². The molecule has 2 amide bonds. The van der Waals surface area contributed by atoms with Crippen molar-refractivity contribution >= 4 is 29.1 Å². The maximum Gasteiger partial charge on any atom is 0.430 e. The first-order chi connectivity index (χ1) is 18.3. The van der Waals surface area contributed by atoms with Gasteiger partial charge in [0.05, 0.1) is 10.6 Å².